The minimum absolute atomic E-state index is 0. The zero-order valence-corrected chi connectivity index (χ0v) is 14.5. The van der Waals surface area contributed by atoms with Crippen LogP contribution in [-0.2, 0) is 0 Å². The molecule has 0 aliphatic carbocycles. The number of hydrogen-bond donors (Lipinski definition) is 4. The fourth-order valence-corrected chi connectivity index (χ4v) is 1.78. The Morgan fingerprint density at radius 1 is 0.667 bits per heavy atom. The molecule has 2 rings (SSSR count). The number of nitrogen functional groups attached to an aromatic ring is 2. The van der Waals surface area contributed by atoms with E-state index in [0.717, 1.165) is 0 Å². The summed E-state index contributed by atoms with van der Waals surface area (Å²) in [4.78, 5) is 0. The average molecular weight is 371 g/mol. The lowest BCUT2D eigenvalue weighted by Crippen LogP contribution is -2.12. The van der Waals surface area contributed by atoms with Crippen molar-refractivity contribution in [3.63, 3.8) is 0 Å². The Balaban J connectivity index is 0.00000264. The highest BCUT2D eigenvalue weighted by Gasteiger charge is 2.00. The monoisotopic (exact) mass is 370 g/mol. The van der Waals surface area contributed by atoms with Crippen molar-refractivity contribution in [1.29, 1.82) is 10.8 Å². The Bertz CT molecular complexity index is 601. The Hall–Kier alpha value is -2.44. The van der Waals surface area contributed by atoms with Crippen LogP contribution in [0.2, 0.25) is 0 Å². The second-order valence-electron chi connectivity index (χ2n) is 4.57. The van der Waals surface area contributed by atoms with Crippen LogP contribution in [-0.4, -0.2) is 24.9 Å². The summed E-state index contributed by atoms with van der Waals surface area (Å²) in [5.41, 5.74) is 12.1. The average Bonchev–Trinajstić information content (AvgIpc) is 2.52. The number of benzene rings is 2. The van der Waals surface area contributed by atoms with E-state index in [9.17, 15) is 0 Å². The number of rotatable bonds is 7. The lowest BCUT2D eigenvalue weighted by atomic mass is 10.2. The van der Waals surface area contributed by atoms with Gasteiger partial charge in [-0.05, 0) is 48.5 Å². The molecule has 0 atom stereocenters. The van der Waals surface area contributed by atoms with Gasteiger partial charge in [-0.3, -0.25) is 10.8 Å². The number of halogens is 2. The predicted octanol–water partition coefficient (Wildman–Crippen LogP) is 2.56. The second kappa shape index (κ2) is 10.4. The van der Waals surface area contributed by atoms with E-state index in [1.807, 2.05) is 0 Å². The first-order chi connectivity index (χ1) is 10.6. The van der Waals surface area contributed by atoms with E-state index in [0.29, 0.717) is 35.8 Å². The van der Waals surface area contributed by atoms with Gasteiger partial charge in [0.15, 0.2) is 0 Å². The van der Waals surface area contributed by atoms with Crippen LogP contribution in [0.3, 0.4) is 0 Å². The largest absolute Gasteiger partial charge is 0.490 e. The predicted molar refractivity (Wildman–Crippen MR) is 100 cm³/mol. The third-order valence-electron chi connectivity index (χ3n) is 2.95. The maximum atomic E-state index is 7.31. The van der Waals surface area contributed by atoms with Crippen LogP contribution in [0.4, 0.5) is 0 Å². The molecule has 0 spiro atoms. The molecular formula is C16H20Cl2N4O2. The van der Waals surface area contributed by atoms with Crippen LogP contribution in [0.5, 0.6) is 11.5 Å². The number of nitrogens with one attached hydrogen (secondary N) is 2. The van der Waals surface area contributed by atoms with Crippen molar-refractivity contribution in [2.75, 3.05) is 13.2 Å². The maximum absolute atomic E-state index is 7.31. The van der Waals surface area contributed by atoms with Crippen LogP contribution in [0, 0.1) is 10.8 Å². The van der Waals surface area contributed by atoms with Crippen molar-refractivity contribution in [3.8, 4) is 11.5 Å². The molecule has 0 saturated carbocycles. The molecule has 0 heterocycles. The van der Waals surface area contributed by atoms with Gasteiger partial charge < -0.3 is 20.9 Å². The van der Waals surface area contributed by atoms with Crippen LogP contribution in [0.1, 0.15) is 11.1 Å². The van der Waals surface area contributed by atoms with E-state index in [2.05, 4.69) is 0 Å². The van der Waals surface area contributed by atoms with E-state index < -0.39 is 0 Å². The Kier molecular flexibility index (Phi) is 9.30. The van der Waals surface area contributed by atoms with Gasteiger partial charge in [-0.2, -0.15) is 0 Å². The lowest BCUT2D eigenvalue weighted by molar-refractivity contribution is 0.217. The smallest absolute Gasteiger partial charge is 0.122 e. The fourth-order valence-electron chi connectivity index (χ4n) is 1.78. The van der Waals surface area contributed by atoms with E-state index in [1.54, 1.807) is 48.5 Å². The highest BCUT2D eigenvalue weighted by molar-refractivity contribution is 5.95. The molecule has 2 aromatic carbocycles. The van der Waals surface area contributed by atoms with Gasteiger partial charge in [-0.15, -0.1) is 24.8 Å². The summed E-state index contributed by atoms with van der Waals surface area (Å²) in [7, 11) is 0. The molecule has 0 aromatic heterocycles. The van der Waals surface area contributed by atoms with Crippen molar-refractivity contribution in [3.05, 3.63) is 59.7 Å². The first kappa shape index (κ1) is 21.6. The molecule has 0 aliphatic heterocycles. The first-order valence-corrected chi connectivity index (χ1v) is 6.71. The van der Waals surface area contributed by atoms with E-state index in [1.165, 1.54) is 0 Å². The Labute approximate surface area is 153 Å². The van der Waals surface area contributed by atoms with Gasteiger partial charge >= 0.3 is 0 Å². The number of ether oxygens (including phenoxy) is 2. The van der Waals surface area contributed by atoms with Crippen molar-refractivity contribution in [1.82, 2.24) is 0 Å². The molecule has 24 heavy (non-hydrogen) atoms. The highest BCUT2D eigenvalue weighted by Crippen LogP contribution is 2.13. The van der Waals surface area contributed by atoms with Gasteiger partial charge in [-0.25, -0.2) is 0 Å². The third kappa shape index (κ3) is 6.36. The van der Waals surface area contributed by atoms with Crippen LogP contribution in [0.25, 0.3) is 0 Å². The zero-order chi connectivity index (χ0) is 15.9. The molecule has 0 aliphatic rings. The molecule has 0 radical (unpaired) electrons. The molecule has 0 fully saturated rings. The SMILES string of the molecule is Cl.Cl.N=C(N)c1ccc(OCCOc2ccc(C(=N)N)cc2)cc1. The van der Waals surface area contributed by atoms with E-state index in [-0.39, 0.29) is 36.5 Å². The molecule has 0 bridgehead atoms. The number of hydrogen-bond acceptors (Lipinski definition) is 4. The molecule has 130 valence electrons. The van der Waals surface area contributed by atoms with Crippen molar-refractivity contribution in [2.24, 2.45) is 11.5 Å². The highest BCUT2D eigenvalue weighted by atomic mass is 35.5. The van der Waals surface area contributed by atoms with E-state index >= 15 is 0 Å². The summed E-state index contributed by atoms with van der Waals surface area (Å²) in [5, 5.41) is 14.6. The standard InChI is InChI=1S/C16H18N4O2.2ClH/c17-15(18)11-1-5-13(6-2-11)21-9-10-22-14-7-3-12(4-8-14)16(19)20;;/h1-8H,9-10H2,(H3,17,18)(H3,19,20);2*1H. The van der Waals surface area contributed by atoms with Crippen molar-refractivity contribution in [2.45, 2.75) is 0 Å². The normalized spacial score (nSPS) is 9.17. The van der Waals surface area contributed by atoms with Crippen LogP contribution < -0.4 is 20.9 Å². The van der Waals surface area contributed by atoms with Gasteiger partial charge in [-0.1, -0.05) is 0 Å². The Morgan fingerprint density at radius 3 is 1.21 bits per heavy atom. The topological polar surface area (TPSA) is 118 Å². The molecule has 8 heteroatoms. The number of amidine groups is 2. The van der Waals surface area contributed by atoms with Gasteiger partial charge in [0.05, 0.1) is 0 Å². The minimum atomic E-state index is 0. The second-order valence-corrected chi connectivity index (χ2v) is 4.57. The molecular weight excluding hydrogens is 351 g/mol. The summed E-state index contributed by atoms with van der Waals surface area (Å²) in [6.07, 6.45) is 0. The lowest BCUT2D eigenvalue weighted by Gasteiger charge is -2.09. The van der Waals surface area contributed by atoms with Crippen molar-refractivity contribution >= 4 is 36.5 Å². The quantitative estimate of drug-likeness (QED) is 0.340. The summed E-state index contributed by atoms with van der Waals surface area (Å²) >= 11 is 0. The summed E-state index contributed by atoms with van der Waals surface area (Å²) < 4.78 is 11.1. The Morgan fingerprint density at radius 2 is 0.958 bits per heavy atom. The fraction of sp³-hybridized carbons (Fsp3) is 0.125. The zero-order valence-electron chi connectivity index (χ0n) is 12.8. The molecule has 0 saturated heterocycles. The number of nitrogens with two attached hydrogens (primary N) is 2. The molecule has 0 unspecified atom stereocenters. The van der Waals surface area contributed by atoms with Crippen LogP contribution >= 0.6 is 24.8 Å². The summed E-state index contributed by atoms with van der Waals surface area (Å²) in [6.45, 7) is 0.793. The van der Waals surface area contributed by atoms with Crippen molar-refractivity contribution < 1.29 is 9.47 Å². The summed E-state index contributed by atoms with van der Waals surface area (Å²) in [6, 6.07) is 14.0. The van der Waals surface area contributed by atoms with Gasteiger partial charge in [0, 0.05) is 11.1 Å². The molecule has 6 N–H and O–H groups in total. The molecule has 2 aromatic rings. The maximum Gasteiger partial charge on any atom is 0.122 e. The van der Waals surface area contributed by atoms with E-state index in [4.69, 9.17) is 31.8 Å². The first-order valence-electron chi connectivity index (χ1n) is 6.71. The molecule has 6 nitrogen and oxygen atoms in total. The molecule has 0 amide bonds. The summed E-state index contributed by atoms with van der Waals surface area (Å²) in [5.74, 6) is 1.45. The van der Waals surface area contributed by atoms with Gasteiger partial charge in [0.2, 0.25) is 0 Å². The third-order valence-corrected chi connectivity index (χ3v) is 2.95. The minimum Gasteiger partial charge on any atom is -0.490 e. The van der Waals surface area contributed by atoms with Gasteiger partial charge in [0.1, 0.15) is 36.4 Å². The van der Waals surface area contributed by atoms with Crippen LogP contribution in [0.15, 0.2) is 48.5 Å². The van der Waals surface area contributed by atoms with Gasteiger partial charge in [0.25, 0.3) is 0 Å².